The summed E-state index contributed by atoms with van der Waals surface area (Å²) in [5.41, 5.74) is 2.43. The number of rotatable bonds is 7. The second kappa shape index (κ2) is 9.41. The Hall–Kier alpha value is -4.72. The van der Waals surface area contributed by atoms with Gasteiger partial charge in [0.1, 0.15) is 17.2 Å². The topological polar surface area (TPSA) is 91.9 Å². The molecule has 0 saturated carbocycles. The van der Waals surface area contributed by atoms with Crippen molar-refractivity contribution in [3.05, 3.63) is 108 Å². The molecule has 0 aliphatic rings. The Bertz CT molecular complexity index is 1450. The Morgan fingerprint density at radius 1 is 0.941 bits per heavy atom. The Balaban J connectivity index is 1.31. The van der Waals surface area contributed by atoms with E-state index in [0.29, 0.717) is 35.0 Å². The highest BCUT2D eigenvalue weighted by Gasteiger charge is 2.14. The molecule has 34 heavy (non-hydrogen) atoms. The molecule has 0 radical (unpaired) electrons. The number of fused-ring (bicyclic) bond motifs is 1. The van der Waals surface area contributed by atoms with Crippen LogP contribution in [0.1, 0.15) is 15.9 Å². The van der Waals surface area contributed by atoms with Crippen molar-refractivity contribution in [2.24, 2.45) is 0 Å². The third-order valence-electron chi connectivity index (χ3n) is 5.18. The molecule has 0 spiro atoms. The number of halogens is 1. The molecule has 0 aliphatic carbocycles. The third-order valence-corrected chi connectivity index (χ3v) is 5.18. The van der Waals surface area contributed by atoms with Crippen LogP contribution in [0.4, 0.5) is 15.9 Å². The lowest BCUT2D eigenvalue weighted by atomic mass is 10.2. The van der Waals surface area contributed by atoms with Crippen LogP contribution < -0.4 is 15.4 Å². The standard InChI is InChI=1S/C26H20FN5O2/c27-21-15-18(8-9-23(21)34-22-11-14-30-24-19(22)10-13-29-24)32-25-20(7-4-12-28-25)26(33)31-16-17-5-2-1-3-6-17/h1-15H,16H2,(H,28,32)(H,29,30)(H,31,33). The van der Waals surface area contributed by atoms with E-state index in [1.54, 1.807) is 42.9 Å². The first-order chi connectivity index (χ1) is 16.7. The average Bonchev–Trinajstić information content (AvgIpc) is 3.35. The van der Waals surface area contributed by atoms with Gasteiger partial charge in [0.05, 0.1) is 10.9 Å². The van der Waals surface area contributed by atoms with Crippen LogP contribution in [-0.2, 0) is 6.54 Å². The number of hydrogen-bond acceptors (Lipinski definition) is 5. The number of hydrogen-bond donors (Lipinski definition) is 3. The van der Waals surface area contributed by atoms with Gasteiger partial charge in [-0.05, 0) is 42.0 Å². The molecule has 1 amide bonds. The number of amides is 1. The molecule has 5 aromatic rings. The largest absolute Gasteiger partial charge is 0.453 e. The minimum Gasteiger partial charge on any atom is -0.453 e. The molecule has 0 bridgehead atoms. The monoisotopic (exact) mass is 453 g/mol. The number of nitrogens with one attached hydrogen (secondary N) is 3. The maximum atomic E-state index is 14.8. The van der Waals surface area contributed by atoms with Crippen molar-refractivity contribution in [2.45, 2.75) is 6.54 Å². The van der Waals surface area contributed by atoms with Crippen molar-refractivity contribution in [2.75, 3.05) is 5.32 Å². The number of ether oxygens (including phenoxy) is 1. The molecule has 7 nitrogen and oxygen atoms in total. The number of pyridine rings is 2. The number of carbonyl (C=O) groups excluding carboxylic acids is 1. The molecule has 8 heteroatoms. The van der Waals surface area contributed by atoms with E-state index in [-0.39, 0.29) is 11.7 Å². The van der Waals surface area contributed by atoms with Crippen molar-refractivity contribution >= 4 is 28.4 Å². The van der Waals surface area contributed by atoms with Crippen LogP contribution in [0.25, 0.3) is 11.0 Å². The Morgan fingerprint density at radius 2 is 1.82 bits per heavy atom. The smallest absolute Gasteiger partial charge is 0.255 e. The molecule has 0 fully saturated rings. The predicted molar refractivity (Wildman–Crippen MR) is 128 cm³/mol. The van der Waals surface area contributed by atoms with Gasteiger partial charge >= 0.3 is 0 Å². The Morgan fingerprint density at radius 3 is 2.68 bits per heavy atom. The maximum Gasteiger partial charge on any atom is 0.255 e. The van der Waals surface area contributed by atoms with Gasteiger partial charge < -0.3 is 20.4 Å². The van der Waals surface area contributed by atoms with Crippen molar-refractivity contribution in [1.82, 2.24) is 20.3 Å². The van der Waals surface area contributed by atoms with Crippen LogP contribution in [-0.4, -0.2) is 20.9 Å². The van der Waals surface area contributed by atoms with E-state index >= 15 is 0 Å². The average molecular weight is 453 g/mol. The lowest BCUT2D eigenvalue weighted by Gasteiger charge is -2.13. The highest BCUT2D eigenvalue weighted by atomic mass is 19.1. The zero-order valence-electron chi connectivity index (χ0n) is 18.0. The number of anilines is 2. The Labute approximate surface area is 194 Å². The second-order valence-corrected chi connectivity index (χ2v) is 7.49. The quantitative estimate of drug-likeness (QED) is 0.300. The fourth-order valence-electron chi connectivity index (χ4n) is 3.50. The van der Waals surface area contributed by atoms with E-state index in [1.807, 2.05) is 36.4 Å². The first kappa shape index (κ1) is 21.1. The highest BCUT2D eigenvalue weighted by molar-refractivity contribution is 5.99. The van der Waals surface area contributed by atoms with Gasteiger partial charge in [-0.15, -0.1) is 0 Å². The number of carbonyl (C=O) groups is 1. The van der Waals surface area contributed by atoms with E-state index in [0.717, 1.165) is 10.9 Å². The van der Waals surface area contributed by atoms with Crippen molar-refractivity contribution in [1.29, 1.82) is 0 Å². The van der Waals surface area contributed by atoms with Crippen LogP contribution in [0.2, 0.25) is 0 Å². The van der Waals surface area contributed by atoms with E-state index in [9.17, 15) is 9.18 Å². The summed E-state index contributed by atoms with van der Waals surface area (Å²) in [4.78, 5) is 24.2. The van der Waals surface area contributed by atoms with Crippen LogP contribution in [0.3, 0.4) is 0 Å². The highest BCUT2D eigenvalue weighted by Crippen LogP contribution is 2.31. The summed E-state index contributed by atoms with van der Waals surface area (Å²) < 4.78 is 20.6. The van der Waals surface area contributed by atoms with Gasteiger partial charge in [0, 0.05) is 36.9 Å². The summed E-state index contributed by atoms with van der Waals surface area (Å²) in [5, 5.41) is 6.66. The van der Waals surface area contributed by atoms with E-state index in [4.69, 9.17) is 4.74 Å². The summed E-state index contributed by atoms with van der Waals surface area (Å²) in [7, 11) is 0. The second-order valence-electron chi connectivity index (χ2n) is 7.49. The van der Waals surface area contributed by atoms with E-state index in [1.165, 1.54) is 12.1 Å². The van der Waals surface area contributed by atoms with Crippen molar-refractivity contribution in [3.63, 3.8) is 0 Å². The van der Waals surface area contributed by atoms with Gasteiger partial charge in [-0.25, -0.2) is 14.4 Å². The van der Waals surface area contributed by atoms with Crippen LogP contribution >= 0.6 is 0 Å². The number of H-pyrrole nitrogens is 1. The molecule has 2 aromatic carbocycles. The predicted octanol–water partition coefficient (Wildman–Crippen LogP) is 5.56. The SMILES string of the molecule is O=C(NCc1ccccc1)c1cccnc1Nc1ccc(Oc2ccnc3[nH]ccc23)c(F)c1. The first-order valence-corrected chi connectivity index (χ1v) is 10.6. The Kier molecular flexibility index (Phi) is 5.85. The van der Waals surface area contributed by atoms with Crippen molar-refractivity contribution < 1.29 is 13.9 Å². The fourth-order valence-corrected chi connectivity index (χ4v) is 3.50. The minimum absolute atomic E-state index is 0.0705. The first-order valence-electron chi connectivity index (χ1n) is 10.6. The molecule has 0 unspecified atom stereocenters. The van der Waals surface area contributed by atoms with Crippen LogP contribution in [0.15, 0.2) is 91.4 Å². The molecule has 3 N–H and O–H groups in total. The number of benzene rings is 2. The molecule has 3 aromatic heterocycles. The van der Waals surface area contributed by atoms with Crippen LogP contribution in [0, 0.1) is 5.82 Å². The summed E-state index contributed by atoms with van der Waals surface area (Å²) >= 11 is 0. The van der Waals surface area contributed by atoms with Gasteiger partial charge in [-0.2, -0.15) is 0 Å². The summed E-state index contributed by atoms with van der Waals surface area (Å²) in [6, 6.07) is 20.9. The van der Waals surface area contributed by atoms with E-state index < -0.39 is 5.82 Å². The molecular formula is C26H20FN5O2. The molecule has 3 heterocycles. The van der Waals surface area contributed by atoms with Gasteiger partial charge in [0.15, 0.2) is 11.6 Å². The molecular weight excluding hydrogens is 433 g/mol. The molecule has 0 aliphatic heterocycles. The van der Waals surface area contributed by atoms with Crippen molar-refractivity contribution in [3.8, 4) is 11.5 Å². The van der Waals surface area contributed by atoms with Crippen LogP contribution in [0.5, 0.6) is 11.5 Å². The minimum atomic E-state index is -0.559. The fraction of sp³-hybridized carbons (Fsp3) is 0.0385. The van der Waals surface area contributed by atoms with Gasteiger partial charge in [-0.3, -0.25) is 4.79 Å². The number of aromatic nitrogens is 3. The maximum absolute atomic E-state index is 14.8. The zero-order chi connectivity index (χ0) is 23.3. The van der Waals surface area contributed by atoms with Gasteiger partial charge in [0.2, 0.25) is 0 Å². The summed E-state index contributed by atoms with van der Waals surface area (Å²) in [5.74, 6) is 0.0444. The number of aromatic amines is 1. The molecule has 0 atom stereocenters. The zero-order valence-corrected chi connectivity index (χ0v) is 18.0. The van der Waals surface area contributed by atoms with Gasteiger partial charge in [-0.1, -0.05) is 30.3 Å². The summed E-state index contributed by atoms with van der Waals surface area (Å²) in [6.07, 6.45) is 4.90. The molecule has 5 rings (SSSR count). The lowest BCUT2D eigenvalue weighted by molar-refractivity contribution is 0.0951. The normalized spacial score (nSPS) is 10.7. The molecule has 168 valence electrons. The van der Waals surface area contributed by atoms with Gasteiger partial charge in [0.25, 0.3) is 5.91 Å². The molecule has 0 saturated heterocycles. The third kappa shape index (κ3) is 4.56. The number of nitrogens with zero attached hydrogens (tertiary/aromatic N) is 2. The van der Waals surface area contributed by atoms with E-state index in [2.05, 4.69) is 25.6 Å². The summed E-state index contributed by atoms with van der Waals surface area (Å²) in [6.45, 7) is 0.387. The lowest BCUT2D eigenvalue weighted by Crippen LogP contribution is -2.24.